The summed E-state index contributed by atoms with van der Waals surface area (Å²) in [5, 5.41) is 6.40. The minimum absolute atomic E-state index is 0. The Morgan fingerprint density at radius 1 is 1.13 bits per heavy atom. The van der Waals surface area contributed by atoms with Crippen LogP contribution in [0.1, 0.15) is 31.2 Å². The summed E-state index contributed by atoms with van der Waals surface area (Å²) in [6.45, 7) is 4.57. The molecular weight excluding hydrogens is 517 g/mol. The topological polar surface area (TPSA) is 89.0 Å². The van der Waals surface area contributed by atoms with Gasteiger partial charge in [0.25, 0.3) is 0 Å². The highest BCUT2D eigenvalue weighted by molar-refractivity contribution is 14.0. The molecule has 0 saturated carbocycles. The van der Waals surface area contributed by atoms with Crippen LogP contribution in [0.25, 0.3) is 0 Å². The van der Waals surface area contributed by atoms with Crippen LogP contribution in [-0.2, 0) is 25.1 Å². The molecule has 0 unspecified atom stereocenters. The van der Waals surface area contributed by atoms with E-state index in [-0.39, 0.29) is 35.5 Å². The highest BCUT2D eigenvalue weighted by Crippen LogP contribution is 2.14. The van der Waals surface area contributed by atoms with Crippen LogP contribution in [0.15, 0.2) is 35.3 Å². The average Bonchev–Trinajstić information content (AvgIpc) is 2.73. The lowest BCUT2D eigenvalue weighted by Gasteiger charge is -2.21. The zero-order valence-electron chi connectivity index (χ0n) is 17.8. The molecule has 0 spiro atoms. The van der Waals surface area contributed by atoms with E-state index in [9.17, 15) is 8.42 Å². The number of nitrogens with one attached hydrogen (secondary N) is 2. The molecule has 1 aliphatic heterocycles. The molecule has 172 valence electrons. The smallest absolute Gasteiger partial charge is 0.190 e. The normalized spacial score (nSPS) is 15.4. The van der Waals surface area contributed by atoms with Crippen LogP contribution in [0.5, 0.6) is 0 Å². The van der Waals surface area contributed by atoms with Crippen molar-refractivity contribution in [3.63, 3.8) is 0 Å². The summed E-state index contributed by atoms with van der Waals surface area (Å²) >= 11 is 0. The zero-order chi connectivity index (χ0) is 20.8. The third-order valence-electron chi connectivity index (χ3n) is 4.83. The molecule has 0 radical (unpaired) electrons. The summed E-state index contributed by atoms with van der Waals surface area (Å²) in [6.07, 6.45) is 3.63. The Hall–Kier alpha value is -0.910. The van der Waals surface area contributed by atoms with E-state index in [1.54, 1.807) is 7.05 Å². The fourth-order valence-electron chi connectivity index (χ4n) is 3.16. The third kappa shape index (κ3) is 12.1. The number of ether oxygens (including phenoxy) is 2. The molecule has 0 aromatic heterocycles. The molecule has 1 saturated heterocycles. The van der Waals surface area contributed by atoms with E-state index < -0.39 is 9.84 Å². The Balaban J connectivity index is 0.00000450. The van der Waals surface area contributed by atoms with Crippen LogP contribution in [0.4, 0.5) is 0 Å². The molecule has 7 nitrogen and oxygen atoms in total. The maximum Gasteiger partial charge on any atom is 0.190 e. The summed E-state index contributed by atoms with van der Waals surface area (Å²) in [7, 11) is -1.39. The molecule has 2 N–H and O–H groups in total. The van der Waals surface area contributed by atoms with Gasteiger partial charge in [0.1, 0.15) is 0 Å². The van der Waals surface area contributed by atoms with Gasteiger partial charge in [-0.25, -0.2) is 8.42 Å². The van der Waals surface area contributed by atoms with Gasteiger partial charge in [0.05, 0.1) is 11.5 Å². The molecule has 0 bridgehead atoms. The first-order chi connectivity index (χ1) is 14.1. The fraction of sp³-hybridized carbons (Fsp3) is 0.667. The number of rotatable bonds is 12. The molecular formula is C21H36IN3O4S. The molecule has 0 amide bonds. The van der Waals surface area contributed by atoms with Crippen molar-refractivity contribution < 1.29 is 17.9 Å². The first-order valence-electron chi connectivity index (χ1n) is 10.4. The van der Waals surface area contributed by atoms with Gasteiger partial charge in [0.2, 0.25) is 0 Å². The monoisotopic (exact) mass is 553 g/mol. The lowest BCUT2D eigenvalue weighted by atomic mass is 10.0. The van der Waals surface area contributed by atoms with Crippen LogP contribution in [0.2, 0.25) is 0 Å². The fourth-order valence-corrected chi connectivity index (χ4v) is 4.59. The van der Waals surface area contributed by atoms with E-state index in [2.05, 4.69) is 15.6 Å². The molecule has 1 fully saturated rings. The Morgan fingerprint density at radius 2 is 1.80 bits per heavy atom. The van der Waals surface area contributed by atoms with Crippen LogP contribution < -0.4 is 10.6 Å². The number of hydrogen-bond donors (Lipinski definition) is 2. The van der Waals surface area contributed by atoms with E-state index in [1.165, 1.54) is 0 Å². The largest absolute Gasteiger partial charge is 0.381 e. The van der Waals surface area contributed by atoms with Crippen molar-refractivity contribution in [2.75, 3.05) is 52.3 Å². The van der Waals surface area contributed by atoms with Gasteiger partial charge in [-0.3, -0.25) is 4.99 Å². The standard InChI is InChI=1S/C21H35N3O4S.HI/c1-22-21(23-11-5-13-28-17-19-9-14-27-15-10-19)24-12-6-16-29(25,26)18-20-7-3-2-4-8-20;/h2-4,7-8,19H,5-6,9-18H2,1H3,(H2,22,23,24);1H. The van der Waals surface area contributed by atoms with E-state index in [0.29, 0.717) is 24.8 Å². The third-order valence-corrected chi connectivity index (χ3v) is 6.51. The molecule has 1 aliphatic rings. The first-order valence-corrected chi connectivity index (χ1v) is 12.3. The average molecular weight is 554 g/mol. The van der Waals surface area contributed by atoms with Gasteiger partial charge >= 0.3 is 0 Å². The van der Waals surface area contributed by atoms with Crippen molar-refractivity contribution >= 4 is 39.8 Å². The van der Waals surface area contributed by atoms with Gasteiger partial charge < -0.3 is 20.1 Å². The molecule has 0 atom stereocenters. The van der Waals surface area contributed by atoms with Crippen LogP contribution in [-0.4, -0.2) is 66.7 Å². The predicted octanol–water partition coefficient (Wildman–Crippen LogP) is 2.61. The number of hydrogen-bond acceptors (Lipinski definition) is 5. The minimum atomic E-state index is -3.10. The Morgan fingerprint density at radius 3 is 2.47 bits per heavy atom. The maximum atomic E-state index is 12.2. The zero-order valence-corrected chi connectivity index (χ0v) is 21.0. The number of nitrogens with zero attached hydrogens (tertiary/aromatic N) is 1. The van der Waals surface area contributed by atoms with Gasteiger partial charge in [-0.1, -0.05) is 30.3 Å². The van der Waals surface area contributed by atoms with Crippen molar-refractivity contribution in [1.29, 1.82) is 0 Å². The van der Waals surface area contributed by atoms with Gasteiger partial charge in [0.15, 0.2) is 15.8 Å². The Labute approximate surface area is 198 Å². The lowest BCUT2D eigenvalue weighted by molar-refractivity contribution is 0.0203. The van der Waals surface area contributed by atoms with Crippen LogP contribution in [0, 0.1) is 5.92 Å². The Kier molecular flexibility index (Phi) is 14.3. The Bertz CT molecular complexity index is 695. The van der Waals surface area contributed by atoms with Crippen molar-refractivity contribution in [3.8, 4) is 0 Å². The van der Waals surface area contributed by atoms with Crippen LogP contribution in [0.3, 0.4) is 0 Å². The highest BCUT2D eigenvalue weighted by atomic mass is 127. The number of guanidine groups is 1. The van der Waals surface area contributed by atoms with Crippen molar-refractivity contribution in [2.24, 2.45) is 10.9 Å². The number of aliphatic imine (C=N–C) groups is 1. The van der Waals surface area contributed by atoms with Gasteiger partial charge in [-0.05, 0) is 37.2 Å². The van der Waals surface area contributed by atoms with Crippen molar-refractivity contribution in [1.82, 2.24) is 10.6 Å². The number of halogens is 1. The highest BCUT2D eigenvalue weighted by Gasteiger charge is 2.13. The summed E-state index contributed by atoms with van der Waals surface area (Å²) in [5.41, 5.74) is 0.831. The lowest BCUT2D eigenvalue weighted by Crippen LogP contribution is -2.39. The quantitative estimate of drug-likeness (QED) is 0.179. The van der Waals surface area contributed by atoms with Crippen molar-refractivity contribution in [2.45, 2.75) is 31.4 Å². The first kappa shape index (κ1) is 27.1. The summed E-state index contributed by atoms with van der Waals surface area (Å²) in [5.74, 6) is 1.57. The maximum absolute atomic E-state index is 12.2. The molecule has 30 heavy (non-hydrogen) atoms. The number of benzene rings is 1. The number of sulfone groups is 1. The van der Waals surface area contributed by atoms with Gasteiger partial charge in [-0.2, -0.15) is 0 Å². The molecule has 9 heteroatoms. The van der Waals surface area contributed by atoms with Gasteiger partial charge in [-0.15, -0.1) is 24.0 Å². The molecule has 2 rings (SSSR count). The molecule has 0 aliphatic carbocycles. The molecule has 1 aromatic rings. The summed E-state index contributed by atoms with van der Waals surface area (Å²) in [6, 6.07) is 9.29. The predicted molar refractivity (Wildman–Crippen MR) is 132 cm³/mol. The summed E-state index contributed by atoms with van der Waals surface area (Å²) in [4.78, 5) is 4.17. The second-order valence-corrected chi connectivity index (χ2v) is 9.53. The second-order valence-electron chi connectivity index (χ2n) is 7.34. The SMILES string of the molecule is CN=C(NCCCOCC1CCOCC1)NCCCS(=O)(=O)Cc1ccccc1.I. The van der Waals surface area contributed by atoms with E-state index in [0.717, 1.165) is 57.8 Å². The van der Waals surface area contributed by atoms with E-state index in [1.807, 2.05) is 30.3 Å². The van der Waals surface area contributed by atoms with E-state index >= 15 is 0 Å². The minimum Gasteiger partial charge on any atom is -0.381 e. The molecule has 1 heterocycles. The second kappa shape index (κ2) is 15.8. The van der Waals surface area contributed by atoms with E-state index in [4.69, 9.17) is 9.47 Å². The molecule has 1 aromatic carbocycles. The van der Waals surface area contributed by atoms with Crippen molar-refractivity contribution in [3.05, 3.63) is 35.9 Å². The summed E-state index contributed by atoms with van der Waals surface area (Å²) < 4.78 is 35.5. The van der Waals surface area contributed by atoms with Crippen LogP contribution >= 0.6 is 24.0 Å². The van der Waals surface area contributed by atoms with Gasteiger partial charge in [0, 0.05) is 46.6 Å².